The van der Waals surface area contributed by atoms with Gasteiger partial charge in [0.2, 0.25) is 5.91 Å². The van der Waals surface area contributed by atoms with Crippen LogP contribution < -0.4 is 5.32 Å². The smallest absolute Gasteiger partial charge is 0.305 e. The van der Waals surface area contributed by atoms with Crippen LogP contribution in [0.15, 0.2) is 48.6 Å². The highest BCUT2D eigenvalue weighted by Gasteiger charge is 2.18. The molecule has 0 aliphatic heterocycles. The Labute approximate surface area is 416 Å². The number of unbranched alkanes of at least 4 members (excludes halogenated alkanes) is 37. The van der Waals surface area contributed by atoms with Gasteiger partial charge in [-0.15, -0.1) is 0 Å². The van der Waals surface area contributed by atoms with Gasteiger partial charge in [-0.2, -0.15) is 0 Å². The topological polar surface area (TPSA) is 95.9 Å². The van der Waals surface area contributed by atoms with Gasteiger partial charge in [0.1, 0.15) is 0 Å². The SMILES string of the molecule is CCCCCC/C=C\C/C=C\CCCCCCCC(=O)OCCCCCC/C=C\CCCC(=O)NC(CO)C(O)/C=C/CCCCCCCCCCCCCCCCCCCCCCCCC. The van der Waals surface area contributed by atoms with E-state index in [1.165, 1.54) is 193 Å². The maximum Gasteiger partial charge on any atom is 0.305 e. The molecule has 67 heavy (non-hydrogen) atoms. The first-order chi connectivity index (χ1) is 33.0. The monoisotopic (exact) mass is 940 g/mol. The number of nitrogens with one attached hydrogen (secondary N) is 1. The Morgan fingerprint density at radius 2 is 0.761 bits per heavy atom. The van der Waals surface area contributed by atoms with Gasteiger partial charge in [-0.25, -0.2) is 0 Å². The van der Waals surface area contributed by atoms with Gasteiger partial charge >= 0.3 is 5.97 Å². The molecule has 2 unspecified atom stereocenters. The van der Waals surface area contributed by atoms with Crippen LogP contribution in [0.2, 0.25) is 0 Å². The summed E-state index contributed by atoms with van der Waals surface area (Å²) in [5.41, 5.74) is 0. The van der Waals surface area contributed by atoms with Crippen LogP contribution in [0.3, 0.4) is 0 Å². The van der Waals surface area contributed by atoms with Crippen molar-refractivity contribution in [2.24, 2.45) is 0 Å². The molecule has 0 bridgehead atoms. The van der Waals surface area contributed by atoms with Gasteiger partial charge in [0.15, 0.2) is 0 Å². The van der Waals surface area contributed by atoms with Gasteiger partial charge in [-0.3, -0.25) is 9.59 Å². The number of esters is 1. The molecule has 0 aromatic rings. The van der Waals surface area contributed by atoms with Gasteiger partial charge in [-0.05, 0) is 83.5 Å². The molecule has 2 atom stereocenters. The molecule has 0 aromatic heterocycles. The maximum atomic E-state index is 12.5. The minimum Gasteiger partial charge on any atom is -0.466 e. The second-order valence-corrected chi connectivity index (χ2v) is 20.0. The summed E-state index contributed by atoms with van der Waals surface area (Å²) in [4.78, 5) is 24.5. The molecule has 0 fully saturated rings. The highest BCUT2D eigenvalue weighted by Crippen LogP contribution is 2.17. The number of rotatable bonds is 54. The Morgan fingerprint density at radius 1 is 0.418 bits per heavy atom. The van der Waals surface area contributed by atoms with Crippen molar-refractivity contribution in [3.63, 3.8) is 0 Å². The van der Waals surface area contributed by atoms with Crippen molar-refractivity contribution in [1.82, 2.24) is 5.32 Å². The van der Waals surface area contributed by atoms with E-state index in [0.717, 1.165) is 83.5 Å². The van der Waals surface area contributed by atoms with Crippen LogP contribution in [-0.4, -0.2) is 47.4 Å². The largest absolute Gasteiger partial charge is 0.466 e. The predicted octanol–water partition coefficient (Wildman–Crippen LogP) is 18.2. The summed E-state index contributed by atoms with van der Waals surface area (Å²) >= 11 is 0. The molecule has 0 spiro atoms. The Hall–Kier alpha value is -2.18. The molecule has 3 N–H and O–H groups in total. The average molecular weight is 941 g/mol. The number of hydrogen-bond acceptors (Lipinski definition) is 5. The normalized spacial score (nSPS) is 13.0. The molecular weight excluding hydrogens is 827 g/mol. The fourth-order valence-electron chi connectivity index (χ4n) is 8.79. The van der Waals surface area contributed by atoms with E-state index in [-0.39, 0.29) is 18.5 Å². The van der Waals surface area contributed by atoms with Crippen LogP contribution in [0, 0.1) is 0 Å². The number of allylic oxidation sites excluding steroid dienone is 7. The summed E-state index contributed by atoms with van der Waals surface area (Å²) in [6.45, 7) is 4.80. The second-order valence-electron chi connectivity index (χ2n) is 20.0. The standard InChI is InChI=1S/C61H113NO5/c1-3-5-7-9-11-13-15-17-19-21-22-23-24-25-26-27-28-29-30-32-34-37-41-45-49-53-59(64)58(57-63)62-60(65)54-50-46-42-38-36-40-44-48-52-56-67-61(66)55-51-47-43-39-35-33-31-20-18-16-14-12-10-8-6-4-2/h14,16,20,31,38,42,49,53,58-59,63-64H,3-13,15,17-19,21-30,32-37,39-41,43-48,50-52,54-57H2,1-2H3,(H,62,65)/b16-14-,31-20-,42-38-,53-49+. The number of carbonyl (C=O) groups excluding carboxylic acids is 2. The Balaban J connectivity index is 3.56. The van der Waals surface area contributed by atoms with Crippen molar-refractivity contribution >= 4 is 11.9 Å². The molecule has 0 heterocycles. The van der Waals surface area contributed by atoms with Gasteiger partial charge < -0.3 is 20.3 Å². The van der Waals surface area contributed by atoms with Crippen molar-refractivity contribution in [3.05, 3.63) is 48.6 Å². The molecule has 6 nitrogen and oxygen atoms in total. The number of aliphatic hydroxyl groups is 2. The van der Waals surface area contributed by atoms with Gasteiger partial charge in [-0.1, -0.05) is 255 Å². The summed E-state index contributed by atoms with van der Waals surface area (Å²) < 4.78 is 5.44. The van der Waals surface area contributed by atoms with Crippen LogP contribution >= 0.6 is 0 Å². The van der Waals surface area contributed by atoms with Crippen molar-refractivity contribution in [3.8, 4) is 0 Å². The van der Waals surface area contributed by atoms with E-state index >= 15 is 0 Å². The summed E-state index contributed by atoms with van der Waals surface area (Å²) in [6.07, 6.45) is 71.5. The molecule has 0 aliphatic carbocycles. The van der Waals surface area contributed by atoms with E-state index in [0.29, 0.717) is 19.4 Å². The van der Waals surface area contributed by atoms with Gasteiger partial charge in [0, 0.05) is 12.8 Å². The summed E-state index contributed by atoms with van der Waals surface area (Å²) in [6, 6.07) is -0.669. The van der Waals surface area contributed by atoms with E-state index in [9.17, 15) is 19.8 Å². The number of aliphatic hydroxyl groups excluding tert-OH is 2. The average Bonchev–Trinajstić information content (AvgIpc) is 3.33. The van der Waals surface area contributed by atoms with Crippen LogP contribution in [0.25, 0.3) is 0 Å². The van der Waals surface area contributed by atoms with Crippen molar-refractivity contribution in [1.29, 1.82) is 0 Å². The molecule has 392 valence electrons. The first kappa shape index (κ1) is 64.8. The van der Waals surface area contributed by atoms with E-state index in [1.807, 2.05) is 6.08 Å². The quantitative estimate of drug-likeness (QED) is 0.0321. The van der Waals surface area contributed by atoms with Crippen LogP contribution in [0.1, 0.15) is 303 Å². The number of carbonyl (C=O) groups is 2. The number of ether oxygens (including phenoxy) is 1. The summed E-state index contributed by atoms with van der Waals surface area (Å²) in [5.74, 6) is -0.179. The summed E-state index contributed by atoms with van der Waals surface area (Å²) in [5, 5.41) is 23.1. The number of amides is 1. The molecule has 6 heteroatoms. The maximum absolute atomic E-state index is 12.5. The lowest BCUT2D eigenvalue weighted by Gasteiger charge is -2.19. The lowest BCUT2D eigenvalue weighted by atomic mass is 10.0. The van der Waals surface area contributed by atoms with Crippen LogP contribution in [0.5, 0.6) is 0 Å². The van der Waals surface area contributed by atoms with Crippen LogP contribution in [0.4, 0.5) is 0 Å². The van der Waals surface area contributed by atoms with Crippen molar-refractivity contribution < 1.29 is 24.5 Å². The van der Waals surface area contributed by atoms with E-state index in [2.05, 4.69) is 55.6 Å². The molecule has 0 aromatic carbocycles. The third kappa shape index (κ3) is 53.0. The highest BCUT2D eigenvalue weighted by atomic mass is 16.5. The fraction of sp³-hybridized carbons (Fsp3) is 0.836. The fourth-order valence-corrected chi connectivity index (χ4v) is 8.79. The molecule has 0 saturated carbocycles. The first-order valence-electron chi connectivity index (χ1n) is 29.4. The molecule has 0 rings (SSSR count). The Kier molecular flexibility index (Phi) is 54.6. The van der Waals surface area contributed by atoms with Gasteiger partial charge in [0.05, 0.1) is 25.4 Å². The molecule has 1 amide bonds. The number of hydrogen-bond donors (Lipinski definition) is 3. The lowest BCUT2D eigenvalue weighted by molar-refractivity contribution is -0.143. The third-order valence-corrected chi connectivity index (χ3v) is 13.3. The second kappa shape index (κ2) is 56.4. The van der Waals surface area contributed by atoms with E-state index < -0.39 is 12.1 Å². The third-order valence-electron chi connectivity index (χ3n) is 13.3. The van der Waals surface area contributed by atoms with E-state index in [4.69, 9.17) is 4.74 Å². The van der Waals surface area contributed by atoms with E-state index in [1.54, 1.807) is 6.08 Å². The molecule has 0 aliphatic rings. The minimum atomic E-state index is -0.879. The van der Waals surface area contributed by atoms with Crippen LogP contribution in [-0.2, 0) is 14.3 Å². The van der Waals surface area contributed by atoms with Crippen molar-refractivity contribution in [2.45, 2.75) is 315 Å². The van der Waals surface area contributed by atoms with Crippen molar-refractivity contribution in [2.75, 3.05) is 13.2 Å². The molecule has 0 saturated heterocycles. The zero-order valence-electron chi connectivity index (χ0n) is 44.6. The molecular formula is C61H113NO5. The highest BCUT2D eigenvalue weighted by molar-refractivity contribution is 5.76. The molecule has 0 radical (unpaired) electrons. The Bertz CT molecular complexity index is 1130. The predicted molar refractivity (Wildman–Crippen MR) is 292 cm³/mol. The zero-order chi connectivity index (χ0) is 48.6. The zero-order valence-corrected chi connectivity index (χ0v) is 44.6. The minimum absolute atomic E-state index is 0.0513. The van der Waals surface area contributed by atoms with Gasteiger partial charge in [0.25, 0.3) is 0 Å². The summed E-state index contributed by atoms with van der Waals surface area (Å²) in [7, 11) is 0. The first-order valence-corrected chi connectivity index (χ1v) is 29.4. The lowest BCUT2D eigenvalue weighted by Crippen LogP contribution is -2.45. The Morgan fingerprint density at radius 3 is 1.19 bits per heavy atom.